The Labute approximate surface area is 123 Å². The predicted octanol–water partition coefficient (Wildman–Crippen LogP) is 1.83. The van der Waals surface area contributed by atoms with E-state index in [2.05, 4.69) is 27.1 Å². The number of carbonyl (C=O) groups excluding carboxylic acids is 2. The lowest BCUT2D eigenvalue weighted by molar-refractivity contribution is -0.122. The summed E-state index contributed by atoms with van der Waals surface area (Å²) >= 11 is 0. The normalized spacial score (nSPS) is 10.6. The van der Waals surface area contributed by atoms with Crippen LogP contribution in [0.15, 0.2) is 18.2 Å². The summed E-state index contributed by atoms with van der Waals surface area (Å²) in [5.74, 6) is 0.484. The number of imidazole rings is 1. The number of rotatable bonds is 5. The summed E-state index contributed by atoms with van der Waals surface area (Å²) in [6, 6.07) is 5.65. The van der Waals surface area contributed by atoms with Crippen LogP contribution in [0.25, 0.3) is 11.0 Å². The van der Waals surface area contributed by atoms with Crippen LogP contribution < -0.4 is 10.6 Å². The number of aryl methyl sites for hydroxylation is 2. The van der Waals surface area contributed by atoms with E-state index in [1.165, 1.54) is 6.92 Å². The minimum absolute atomic E-state index is 0.0311. The van der Waals surface area contributed by atoms with E-state index in [0.29, 0.717) is 5.69 Å². The second kappa shape index (κ2) is 6.39. The van der Waals surface area contributed by atoms with E-state index >= 15 is 0 Å². The van der Waals surface area contributed by atoms with Crippen LogP contribution in [0.1, 0.15) is 26.1 Å². The maximum absolute atomic E-state index is 11.7. The molecular weight excluding hydrogens is 268 g/mol. The van der Waals surface area contributed by atoms with Gasteiger partial charge in [0.1, 0.15) is 5.82 Å². The van der Waals surface area contributed by atoms with Gasteiger partial charge >= 0.3 is 0 Å². The SMILES string of the molecule is CCCn1c(C)nc2cc(NC(=O)CNC(C)=O)ccc21. The second-order valence-corrected chi connectivity index (χ2v) is 4.97. The fourth-order valence-corrected chi connectivity index (χ4v) is 2.24. The van der Waals surface area contributed by atoms with Gasteiger partial charge in [0.05, 0.1) is 17.6 Å². The van der Waals surface area contributed by atoms with Crippen LogP contribution in [-0.2, 0) is 16.1 Å². The Bertz CT molecular complexity index is 676. The molecule has 1 aromatic carbocycles. The monoisotopic (exact) mass is 288 g/mol. The van der Waals surface area contributed by atoms with Gasteiger partial charge in [0.15, 0.2) is 0 Å². The zero-order chi connectivity index (χ0) is 15.4. The third-order valence-corrected chi connectivity index (χ3v) is 3.17. The number of amides is 2. The lowest BCUT2D eigenvalue weighted by Crippen LogP contribution is -2.31. The number of hydrogen-bond donors (Lipinski definition) is 2. The number of aromatic nitrogens is 2. The van der Waals surface area contributed by atoms with Crippen molar-refractivity contribution in [3.8, 4) is 0 Å². The van der Waals surface area contributed by atoms with Crippen LogP contribution in [0.5, 0.6) is 0 Å². The predicted molar refractivity (Wildman–Crippen MR) is 82.1 cm³/mol. The van der Waals surface area contributed by atoms with E-state index in [-0.39, 0.29) is 18.4 Å². The van der Waals surface area contributed by atoms with Crippen LogP contribution in [-0.4, -0.2) is 27.9 Å². The van der Waals surface area contributed by atoms with Crippen LogP contribution >= 0.6 is 0 Å². The molecular formula is C15H20N4O2. The highest BCUT2D eigenvalue weighted by atomic mass is 16.2. The summed E-state index contributed by atoms with van der Waals surface area (Å²) < 4.78 is 2.16. The Morgan fingerprint density at radius 3 is 2.76 bits per heavy atom. The molecule has 2 aromatic rings. The highest BCUT2D eigenvalue weighted by molar-refractivity contribution is 5.95. The van der Waals surface area contributed by atoms with Gasteiger partial charge in [0, 0.05) is 19.2 Å². The number of benzene rings is 1. The number of nitrogens with zero attached hydrogens (tertiary/aromatic N) is 2. The molecule has 0 bridgehead atoms. The molecule has 21 heavy (non-hydrogen) atoms. The van der Waals surface area contributed by atoms with Crippen LogP contribution in [0.4, 0.5) is 5.69 Å². The fourth-order valence-electron chi connectivity index (χ4n) is 2.24. The zero-order valence-electron chi connectivity index (χ0n) is 12.6. The van der Waals surface area contributed by atoms with Crippen LogP contribution in [0.2, 0.25) is 0 Å². The van der Waals surface area contributed by atoms with Crippen molar-refractivity contribution in [2.24, 2.45) is 0 Å². The molecule has 0 radical (unpaired) electrons. The summed E-state index contributed by atoms with van der Waals surface area (Å²) in [4.78, 5) is 27.0. The van der Waals surface area contributed by atoms with Gasteiger partial charge in [-0.05, 0) is 31.5 Å². The first kappa shape index (κ1) is 15.0. The third kappa shape index (κ3) is 3.59. The third-order valence-electron chi connectivity index (χ3n) is 3.17. The minimum Gasteiger partial charge on any atom is -0.347 e. The van der Waals surface area contributed by atoms with E-state index < -0.39 is 0 Å². The average molecular weight is 288 g/mol. The van der Waals surface area contributed by atoms with E-state index in [1.54, 1.807) is 0 Å². The molecule has 1 aromatic heterocycles. The van der Waals surface area contributed by atoms with Crippen molar-refractivity contribution in [2.45, 2.75) is 33.7 Å². The second-order valence-electron chi connectivity index (χ2n) is 4.97. The van der Waals surface area contributed by atoms with Gasteiger partial charge in [-0.3, -0.25) is 9.59 Å². The average Bonchev–Trinajstić information content (AvgIpc) is 2.73. The molecule has 0 spiro atoms. The molecule has 1 heterocycles. The largest absolute Gasteiger partial charge is 0.347 e. The Kier molecular flexibility index (Phi) is 4.57. The Hall–Kier alpha value is -2.37. The molecule has 0 saturated heterocycles. The first-order valence-electron chi connectivity index (χ1n) is 7.02. The highest BCUT2D eigenvalue weighted by Gasteiger charge is 2.09. The topological polar surface area (TPSA) is 76.0 Å². The van der Waals surface area contributed by atoms with Crippen molar-refractivity contribution < 1.29 is 9.59 Å². The molecule has 2 amide bonds. The Balaban J connectivity index is 2.16. The molecule has 0 aliphatic rings. The fraction of sp³-hybridized carbons (Fsp3) is 0.400. The van der Waals surface area contributed by atoms with Gasteiger partial charge in [0.25, 0.3) is 0 Å². The lowest BCUT2D eigenvalue weighted by atomic mass is 10.2. The van der Waals surface area contributed by atoms with Crippen LogP contribution in [0.3, 0.4) is 0 Å². The summed E-state index contributed by atoms with van der Waals surface area (Å²) in [7, 11) is 0. The Morgan fingerprint density at radius 1 is 1.33 bits per heavy atom. The van der Waals surface area contributed by atoms with E-state index in [0.717, 1.165) is 29.8 Å². The first-order chi connectivity index (χ1) is 10.0. The quantitative estimate of drug-likeness (QED) is 0.881. The highest BCUT2D eigenvalue weighted by Crippen LogP contribution is 2.20. The van der Waals surface area contributed by atoms with Gasteiger partial charge in [-0.15, -0.1) is 0 Å². The summed E-state index contributed by atoms with van der Waals surface area (Å²) in [6.07, 6.45) is 1.04. The van der Waals surface area contributed by atoms with Crippen molar-refractivity contribution in [1.29, 1.82) is 0 Å². The van der Waals surface area contributed by atoms with Crippen molar-refractivity contribution >= 4 is 28.5 Å². The van der Waals surface area contributed by atoms with Gasteiger partial charge in [-0.25, -0.2) is 4.98 Å². The van der Waals surface area contributed by atoms with Crippen molar-refractivity contribution in [3.63, 3.8) is 0 Å². The number of fused-ring (bicyclic) bond motifs is 1. The summed E-state index contributed by atoms with van der Waals surface area (Å²) in [6.45, 7) is 6.38. The van der Waals surface area contributed by atoms with Crippen molar-refractivity contribution in [2.75, 3.05) is 11.9 Å². The number of carbonyl (C=O) groups is 2. The van der Waals surface area contributed by atoms with Gasteiger partial charge in [-0.1, -0.05) is 6.92 Å². The Morgan fingerprint density at radius 2 is 2.10 bits per heavy atom. The standard InChI is InChI=1S/C15H20N4O2/c1-4-7-19-10(2)17-13-8-12(5-6-14(13)19)18-15(21)9-16-11(3)20/h5-6,8H,4,7,9H2,1-3H3,(H,16,20)(H,18,21). The van der Waals surface area contributed by atoms with E-state index in [1.807, 2.05) is 25.1 Å². The molecule has 0 saturated carbocycles. The van der Waals surface area contributed by atoms with Gasteiger partial charge < -0.3 is 15.2 Å². The number of anilines is 1. The molecule has 6 heteroatoms. The van der Waals surface area contributed by atoms with Gasteiger partial charge in [-0.2, -0.15) is 0 Å². The smallest absolute Gasteiger partial charge is 0.243 e. The number of nitrogens with one attached hydrogen (secondary N) is 2. The van der Waals surface area contributed by atoms with Gasteiger partial charge in [0.2, 0.25) is 11.8 Å². The maximum Gasteiger partial charge on any atom is 0.243 e. The number of hydrogen-bond acceptors (Lipinski definition) is 3. The molecule has 2 N–H and O–H groups in total. The van der Waals surface area contributed by atoms with Crippen LogP contribution in [0, 0.1) is 6.92 Å². The summed E-state index contributed by atoms with van der Waals surface area (Å²) in [5.41, 5.74) is 2.60. The molecule has 112 valence electrons. The molecule has 0 fully saturated rings. The lowest BCUT2D eigenvalue weighted by Gasteiger charge is -2.07. The molecule has 0 atom stereocenters. The van der Waals surface area contributed by atoms with E-state index in [4.69, 9.17) is 0 Å². The molecule has 0 aliphatic heterocycles. The first-order valence-corrected chi connectivity index (χ1v) is 7.02. The van der Waals surface area contributed by atoms with E-state index in [9.17, 15) is 9.59 Å². The molecule has 6 nitrogen and oxygen atoms in total. The molecule has 0 aliphatic carbocycles. The van der Waals surface area contributed by atoms with Crippen molar-refractivity contribution in [3.05, 3.63) is 24.0 Å². The van der Waals surface area contributed by atoms with Crippen molar-refractivity contribution in [1.82, 2.24) is 14.9 Å². The molecule has 0 unspecified atom stereocenters. The minimum atomic E-state index is -0.255. The summed E-state index contributed by atoms with van der Waals surface area (Å²) in [5, 5.41) is 5.21. The maximum atomic E-state index is 11.7. The molecule has 2 rings (SSSR count). The zero-order valence-corrected chi connectivity index (χ0v) is 12.6.